The lowest BCUT2D eigenvalue weighted by Crippen LogP contribution is -2.51. The van der Waals surface area contributed by atoms with Crippen LogP contribution < -0.4 is 11.5 Å². The first-order valence-electron chi connectivity index (χ1n) is 7.01. The summed E-state index contributed by atoms with van der Waals surface area (Å²) in [7, 11) is -3.61. The fourth-order valence-electron chi connectivity index (χ4n) is 2.83. The lowest BCUT2D eigenvalue weighted by molar-refractivity contribution is 0.1000. The Kier molecular flexibility index (Phi) is 4.65. The maximum atomic E-state index is 12.8. The fourth-order valence-corrected chi connectivity index (χ4v) is 4.72. The van der Waals surface area contributed by atoms with E-state index in [0.29, 0.717) is 6.54 Å². The molecule has 6 nitrogen and oxygen atoms in total. The molecule has 0 aliphatic carbocycles. The Bertz CT molecular complexity index is 613. The van der Waals surface area contributed by atoms with Crippen molar-refractivity contribution in [3.05, 3.63) is 29.8 Å². The van der Waals surface area contributed by atoms with Crippen molar-refractivity contribution in [3.63, 3.8) is 0 Å². The average Bonchev–Trinajstić information content (AvgIpc) is 2.46. The Balaban J connectivity index is 2.37. The first-order valence-corrected chi connectivity index (χ1v) is 8.45. The second-order valence-electron chi connectivity index (χ2n) is 5.39. The maximum absolute atomic E-state index is 12.8. The molecule has 0 spiro atoms. The summed E-state index contributed by atoms with van der Waals surface area (Å²) in [4.78, 5) is 11.2. The minimum atomic E-state index is -3.61. The molecule has 0 bridgehead atoms. The molecule has 1 saturated heterocycles. The third-order valence-corrected chi connectivity index (χ3v) is 6.02. The van der Waals surface area contributed by atoms with Crippen LogP contribution >= 0.6 is 0 Å². The number of sulfonamides is 1. The number of piperidine rings is 1. The number of nitrogens with two attached hydrogens (primary N) is 2. The van der Waals surface area contributed by atoms with Crippen molar-refractivity contribution in [1.29, 1.82) is 0 Å². The highest BCUT2D eigenvalue weighted by Crippen LogP contribution is 2.29. The third kappa shape index (κ3) is 3.09. The molecule has 2 unspecified atom stereocenters. The van der Waals surface area contributed by atoms with Gasteiger partial charge in [-0.15, -0.1) is 0 Å². The molecule has 1 amide bonds. The Morgan fingerprint density at radius 1 is 1.29 bits per heavy atom. The van der Waals surface area contributed by atoms with Crippen LogP contribution in [0.1, 0.15) is 36.5 Å². The third-order valence-electron chi connectivity index (χ3n) is 3.94. The predicted molar refractivity (Wildman–Crippen MR) is 80.1 cm³/mol. The SMILES string of the molecule is CC1CCCC(CN)N1S(=O)(=O)c1ccc(C(N)=O)cc1. The molecule has 1 aromatic carbocycles. The number of hydrogen-bond donors (Lipinski definition) is 2. The van der Waals surface area contributed by atoms with Crippen molar-refractivity contribution in [2.45, 2.75) is 43.2 Å². The molecule has 2 rings (SSSR count). The highest BCUT2D eigenvalue weighted by atomic mass is 32.2. The summed E-state index contributed by atoms with van der Waals surface area (Å²) in [6.45, 7) is 2.21. The van der Waals surface area contributed by atoms with Crippen molar-refractivity contribution >= 4 is 15.9 Å². The van der Waals surface area contributed by atoms with Gasteiger partial charge in [0, 0.05) is 24.2 Å². The summed E-state index contributed by atoms with van der Waals surface area (Å²) < 4.78 is 27.1. The monoisotopic (exact) mass is 311 g/mol. The summed E-state index contributed by atoms with van der Waals surface area (Å²) in [6, 6.07) is 5.46. The molecule has 4 N–H and O–H groups in total. The van der Waals surface area contributed by atoms with E-state index in [1.807, 2.05) is 6.92 Å². The second kappa shape index (κ2) is 6.13. The van der Waals surface area contributed by atoms with E-state index in [1.165, 1.54) is 28.6 Å². The van der Waals surface area contributed by atoms with E-state index in [2.05, 4.69) is 0 Å². The van der Waals surface area contributed by atoms with Gasteiger partial charge in [0.15, 0.2) is 0 Å². The summed E-state index contributed by atoms with van der Waals surface area (Å²) in [5.41, 5.74) is 11.2. The van der Waals surface area contributed by atoms with E-state index in [0.717, 1.165) is 19.3 Å². The zero-order chi connectivity index (χ0) is 15.6. The average molecular weight is 311 g/mol. The van der Waals surface area contributed by atoms with Crippen LogP contribution in [0.5, 0.6) is 0 Å². The van der Waals surface area contributed by atoms with Crippen molar-refractivity contribution in [3.8, 4) is 0 Å². The van der Waals surface area contributed by atoms with Gasteiger partial charge in [0.1, 0.15) is 0 Å². The normalized spacial score (nSPS) is 23.9. The van der Waals surface area contributed by atoms with Crippen LogP contribution in [0.3, 0.4) is 0 Å². The first-order chi connectivity index (χ1) is 9.87. The number of nitrogens with zero attached hydrogens (tertiary/aromatic N) is 1. The molecular formula is C14H21N3O3S. The van der Waals surface area contributed by atoms with Gasteiger partial charge in [-0.3, -0.25) is 4.79 Å². The number of rotatable bonds is 4. The van der Waals surface area contributed by atoms with Gasteiger partial charge in [-0.25, -0.2) is 8.42 Å². The molecule has 116 valence electrons. The zero-order valence-corrected chi connectivity index (χ0v) is 12.8. The predicted octanol–water partition coefficient (Wildman–Crippen LogP) is 0.676. The molecule has 0 aromatic heterocycles. The minimum Gasteiger partial charge on any atom is -0.366 e. The van der Waals surface area contributed by atoms with Gasteiger partial charge in [-0.05, 0) is 44.0 Å². The largest absolute Gasteiger partial charge is 0.366 e. The molecule has 7 heteroatoms. The fraction of sp³-hybridized carbons (Fsp3) is 0.500. The van der Waals surface area contributed by atoms with Gasteiger partial charge >= 0.3 is 0 Å². The highest BCUT2D eigenvalue weighted by Gasteiger charge is 2.37. The van der Waals surface area contributed by atoms with Gasteiger partial charge in [0.2, 0.25) is 15.9 Å². The quantitative estimate of drug-likeness (QED) is 0.852. The van der Waals surface area contributed by atoms with Crippen molar-refractivity contribution in [1.82, 2.24) is 4.31 Å². The lowest BCUT2D eigenvalue weighted by atomic mass is 10.00. The number of primary amides is 1. The molecule has 1 heterocycles. The van der Waals surface area contributed by atoms with E-state index in [-0.39, 0.29) is 22.5 Å². The van der Waals surface area contributed by atoms with Crippen LogP contribution in [0.15, 0.2) is 29.2 Å². The molecule has 2 atom stereocenters. The van der Waals surface area contributed by atoms with Crippen LogP contribution in [-0.2, 0) is 10.0 Å². The second-order valence-corrected chi connectivity index (χ2v) is 7.24. The topological polar surface area (TPSA) is 106 Å². The van der Waals surface area contributed by atoms with Crippen LogP contribution in [0, 0.1) is 0 Å². The van der Waals surface area contributed by atoms with Gasteiger partial charge in [0.25, 0.3) is 0 Å². The van der Waals surface area contributed by atoms with Crippen molar-refractivity contribution in [2.75, 3.05) is 6.54 Å². The van der Waals surface area contributed by atoms with E-state index in [1.54, 1.807) is 0 Å². The molecule has 0 radical (unpaired) electrons. The van der Waals surface area contributed by atoms with E-state index in [9.17, 15) is 13.2 Å². The lowest BCUT2D eigenvalue weighted by Gasteiger charge is -2.38. The Morgan fingerprint density at radius 2 is 1.90 bits per heavy atom. The van der Waals surface area contributed by atoms with Gasteiger partial charge in [0.05, 0.1) is 4.90 Å². The highest BCUT2D eigenvalue weighted by molar-refractivity contribution is 7.89. The summed E-state index contributed by atoms with van der Waals surface area (Å²) >= 11 is 0. The van der Waals surface area contributed by atoms with Crippen molar-refractivity contribution in [2.24, 2.45) is 11.5 Å². The number of benzene rings is 1. The molecule has 1 aliphatic heterocycles. The van der Waals surface area contributed by atoms with E-state index < -0.39 is 15.9 Å². The molecule has 1 aliphatic rings. The minimum absolute atomic E-state index is 0.0758. The number of amides is 1. The molecule has 1 fully saturated rings. The molecular weight excluding hydrogens is 290 g/mol. The Hall–Kier alpha value is -1.44. The smallest absolute Gasteiger partial charge is 0.248 e. The number of carbonyl (C=O) groups is 1. The van der Waals surface area contributed by atoms with Crippen molar-refractivity contribution < 1.29 is 13.2 Å². The van der Waals surface area contributed by atoms with Crippen LogP contribution in [0.25, 0.3) is 0 Å². The van der Waals surface area contributed by atoms with Crippen LogP contribution in [-0.4, -0.2) is 37.3 Å². The Morgan fingerprint density at radius 3 is 2.43 bits per heavy atom. The summed E-state index contributed by atoms with van der Waals surface area (Å²) in [5, 5.41) is 0. The summed E-state index contributed by atoms with van der Waals surface area (Å²) in [5.74, 6) is -0.579. The Labute approximate surface area is 125 Å². The molecule has 0 saturated carbocycles. The van der Waals surface area contributed by atoms with Crippen LogP contribution in [0.2, 0.25) is 0 Å². The van der Waals surface area contributed by atoms with Gasteiger partial charge < -0.3 is 11.5 Å². The van der Waals surface area contributed by atoms with E-state index >= 15 is 0 Å². The number of carbonyl (C=O) groups excluding carboxylic acids is 1. The number of hydrogen-bond acceptors (Lipinski definition) is 4. The molecule has 21 heavy (non-hydrogen) atoms. The van der Waals surface area contributed by atoms with Gasteiger partial charge in [-0.1, -0.05) is 6.42 Å². The zero-order valence-electron chi connectivity index (χ0n) is 12.0. The van der Waals surface area contributed by atoms with Crippen LogP contribution in [0.4, 0.5) is 0 Å². The first kappa shape index (κ1) is 15.9. The standard InChI is InChI=1S/C14H21N3O3S/c1-10-3-2-4-12(9-15)17(10)21(19,20)13-7-5-11(6-8-13)14(16)18/h5-8,10,12H,2-4,9,15H2,1H3,(H2,16,18). The van der Waals surface area contributed by atoms with Gasteiger partial charge in [-0.2, -0.15) is 4.31 Å². The maximum Gasteiger partial charge on any atom is 0.248 e. The molecule has 1 aromatic rings. The summed E-state index contributed by atoms with van der Waals surface area (Å²) in [6.07, 6.45) is 2.59. The van der Waals surface area contributed by atoms with E-state index in [4.69, 9.17) is 11.5 Å².